The minimum Gasteiger partial charge on any atom is -0.483 e. The van der Waals surface area contributed by atoms with Crippen LogP contribution in [0.25, 0.3) is 0 Å². The van der Waals surface area contributed by atoms with Crippen molar-refractivity contribution < 1.29 is 9.53 Å². The number of rotatable bonds is 5. The molecule has 0 spiro atoms. The molecule has 0 unspecified atom stereocenters. The van der Waals surface area contributed by atoms with E-state index in [0.29, 0.717) is 21.4 Å². The molecular formula is C17H16Cl2N2O2. The number of hydrazone groups is 1. The average molecular weight is 351 g/mol. The molecule has 0 aliphatic rings. The Kier molecular flexibility index (Phi) is 6.02. The fourth-order valence-corrected chi connectivity index (χ4v) is 2.34. The van der Waals surface area contributed by atoms with Crippen LogP contribution in [0, 0.1) is 13.8 Å². The van der Waals surface area contributed by atoms with Gasteiger partial charge in [0.1, 0.15) is 5.75 Å². The molecule has 0 saturated heterocycles. The second-order valence-corrected chi connectivity index (χ2v) is 5.80. The fourth-order valence-electron chi connectivity index (χ4n) is 1.84. The van der Waals surface area contributed by atoms with Gasteiger partial charge in [-0.1, -0.05) is 41.4 Å². The van der Waals surface area contributed by atoms with Crippen LogP contribution in [0.1, 0.15) is 16.7 Å². The van der Waals surface area contributed by atoms with Gasteiger partial charge in [0.2, 0.25) is 0 Å². The molecule has 120 valence electrons. The molecular weight excluding hydrogens is 335 g/mol. The number of carbonyl (C=O) groups is 1. The van der Waals surface area contributed by atoms with E-state index in [2.05, 4.69) is 10.5 Å². The third-order valence-electron chi connectivity index (χ3n) is 3.09. The van der Waals surface area contributed by atoms with E-state index in [9.17, 15) is 4.79 Å². The van der Waals surface area contributed by atoms with Gasteiger partial charge in [0.05, 0.1) is 16.3 Å². The highest BCUT2D eigenvalue weighted by Crippen LogP contribution is 2.22. The summed E-state index contributed by atoms with van der Waals surface area (Å²) in [5, 5.41) is 4.76. The number of hydrogen-bond donors (Lipinski definition) is 1. The minimum absolute atomic E-state index is 0.127. The number of nitrogens with one attached hydrogen (secondary N) is 1. The van der Waals surface area contributed by atoms with E-state index in [1.165, 1.54) is 6.21 Å². The largest absolute Gasteiger partial charge is 0.483 e. The third kappa shape index (κ3) is 4.98. The average Bonchev–Trinajstić information content (AvgIpc) is 2.51. The highest BCUT2D eigenvalue weighted by Gasteiger charge is 2.05. The van der Waals surface area contributed by atoms with Gasteiger partial charge in [0.15, 0.2) is 6.61 Å². The van der Waals surface area contributed by atoms with Crippen molar-refractivity contribution in [2.24, 2.45) is 5.10 Å². The number of aryl methyl sites for hydroxylation is 2. The lowest BCUT2D eigenvalue weighted by atomic mass is 10.1. The van der Waals surface area contributed by atoms with Gasteiger partial charge in [-0.25, -0.2) is 5.43 Å². The first-order valence-corrected chi connectivity index (χ1v) is 7.69. The number of halogens is 2. The molecule has 6 heteroatoms. The van der Waals surface area contributed by atoms with Gasteiger partial charge in [-0.15, -0.1) is 0 Å². The van der Waals surface area contributed by atoms with E-state index in [1.54, 1.807) is 18.2 Å². The monoisotopic (exact) mass is 350 g/mol. The van der Waals surface area contributed by atoms with E-state index in [0.717, 1.165) is 11.1 Å². The Labute approximate surface area is 145 Å². The van der Waals surface area contributed by atoms with Crippen molar-refractivity contribution in [3.63, 3.8) is 0 Å². The SMILES string of the molecule is Cc1ccc(C)c(OCC(=O)N/N=C\c2c(Cl)cccc2Cl)c1. The smallest absolute Gasteiger partial charge is 0.277 e. The summed E-state index contributed by atoms with van der Waals surface area (Å²) in [6.45, 7) is 3.76. The summed E-state index contributed by atoms with van der Waals surface area (Å²) in [5.41, 5.74) is 4.96. The van der Waals surface area contributed by atoms with Crippen LogP contribution in [0.4, 0.5) is 0 Å². The van der Waals surface area contributed by atoms with Crippen molar-refractivity contribution in [3.8, 4) is 5.75 Å². The van der Waals surface area contributed by atoms with Crippen molar-refractivity contribution >= 4 is 35.3 Å². The molecule has 0 radical (unpaired) electrons. The Morgan fingerprint density at radius 1 is 1.22 bits per heavy atom. The topological polar surface area (TPSA) is 50.7 Å². The zero-order chi connectivity index (χ0) is 16.8. The first-order chi connectivity index (χ1) is 11.0. The predicted molar refractivity (Wildman–Crippen MR) is 93.6 cm³/mol. The molecule has 0 heterocycles. The zero-order valence-electron chi connectivity index (χ0n) is 12.8. The van der Waals surface area contributed by atoms with Crippen molar-refractivity contribution in [3.05, 3.63) is 63.1 Å². The van der Waals surface area contributed by atoms with E-state index in [1.807, 2.05) is 32.0 Å². The Balaban J connectivity index is 1.90. The molecule has 0 fully saturated rings. The lowest BCUT2D eigenvalue weighted by Crippen LogP contribution is -2.24. The van der Waals surface area contributed by atoms with Gasteiger partial charge < -0.3 is 4.74 Å². The number of ether oxygens (including phenoxy) is 1. The fraction of sp³-hybridized carbons (Fsp3) is 0.176. The first kappa shape index (κ1) is 17.3. The van der Waals surface area contributed by atoms with Crippen LogP contribution in [0.5, 0.6) is 5.75 Å². The van der Waals surface area contributed by atoms with Gasteiger partial charge in [0, 0.05) is 5.56 Å². The molecule has 0 aliphatic carbocycles. The van der Waals surface area contributed by atoms with Crippen LogP contribution in [-0.2, 0) is 4.79 Å². The van der Waals surface area contributed by atoms with E-state index in [-0.39, 0.29) is 12.5 Å². The lowest BCUT2D eigenvalue weighted by Gasteiger charge is -2.08. The van der Waals surface area contributed by atoms with Gasteiger partial charge in [0.25, 0.3) is 5.91 Å². The zero-order valence-corrected chi connectivity index (χ0v) is 14.3. The maximum absolute atomic E-state index is 11.8. The van der Waals surface area contributed by atoms with Crippen LogP contribution in [0.15, 0.2) is 41.5 Å². The predicted octanol–water partition coefficient (Wildman–Crippen LogP) is 4.14. The van der Waals surface area contributed by atoms with Crippen LogP contribution in [0.3, 0.4) is 0 Å². The van der Waals surface area contributed by atoms with E-state index < -0.39 is 0 Å². The van der Waals surface area contributed by atoms with Gasteiger partial charge >= 0.3 is 0 Å². The van der Waals surface area contributed by atoms with Crippen LogP contribution in [0.2, 0.25) is 10.0 Å². The summed E-state index contributed by atoms with van der Waals surface area (Å²) in [6.07, 6.45) is 1.40. The third-order valence-corrected chi connectivity index (χ3v) is 3.74. The molecule has 0 atom stereocenters. The van der Waals surface area contributed by atoms with Gasteiger partial charge in [-0.2, -0.15) is 5.10 Å². The summed E-state index contributed by atoms with van der Waals surface area (Å²) in [5.74, 6) is 0.309. The molecule has 2 aromatic carbocycles. The number of nitrogens with zero attached hydrogens (tertiary/aromatic N) is 1. The van der Waals surface area contributed by atoms with Crippen LogP contribution < -0.4 is 10.2 Å². The standard InChI is InChI=1S/C17H16Cl2N2O2/c1-11-6-7-12(2)16(8-11)23-10-17(22)21-20-9-13-14(18)4-3-5-15(13)19/h3-9H,10H2,1-2H3,(H,21,22)/b20-9-. The highest BCUT2D eigenvalue weighted by molar-refractivity contribution is 6.38. The van der Waals surface area contributed by atoms with E-state index >= 15 is 0 Å². The van der Waals surface area contributed by atoms with Crippen molar-refractivity contribution in [1.29, 1.82) is 0 Å². The molecule has 4 nitrogen and oxygen atoms in total. The molecule has 1 N–H and O–H groups in total. The quantitative estimate of drug-likeness (QED) is 0.650. The number of hydrogen-bond acceptors (Lipinski definition) is 3. The van der Waals surface area contributed by atoms with Gasteiger partial charge in [-0.05, 0) is 43.2 Å². The van der Waals surface area contributed by atoms with Crippen molar-refractivity contribution in [2.75, 3.05) is 6.61 Å². The molecule has 1 amide bonds. The summed E-state index contributed by atoms with van der Waals surface area (Å²) < 4.78 is 5.49. The molecule has 2 rings (SSSR count). The minimum atomic E-state index is -0.370. The maximum Gasteiger partial charge on any atom is 0.277 e. The van der Waals surface area contributed by atoms with Crippen LogP contribution >= 0.6 is 23.2 Å². The molecule has 0 aliphatic heterocycles. The number of carbonyl (C=O) groups excluding carboxylic acids is 1. The number of amides is 1. The Morgan fingerprint density at radius 2 is 1.91 bits per heavy atom. The van der Waals surface area contributed by atoms with Crippen LogP contribution in [-0.4, -0.2) is 18.7 Å². The first-order valence-electron chi connectivity index (χ1n) is 6.93. The summed E-state index contributed by atoms with van der Waals surface area (Å²) in [6, 6.07) is 10.9. The van der Waals surface area contributed by atoms with E-state index in [4.69, 9.17) is 27.9 Å². The molecule has 2 aromatic rings. The van der Waals surface area contributed by atoms with Gasteiger partial charge in [-0.3, -0.25) is 4.79 Å². The second kappa shape index (κ2) is 7.99. The Hall–Kier alpha value is -2.04. The van der Waals surface area contributed by atoms with Crippen molar-refractivity contribution in [2.45, 2.75) is 13.8 Å². The normalized spacial score (nSPS) is 10.8. The molecule has 0 saturated carbocycles. The lowest BCUT2D eigenvalue weighted by molar-refractivity contribution is -0.123. The molecule has 0 bridgehead atoms. The number of benzene rings is 2. The second-order valence-electron chi connectivity index (χ2n) is 4.99. The Bertz CT molecular complexity index is 725. The highest BCUT2D eigenvalue weighted by atomic mass is 35.5. The summed E-state index contributed by atoms with van der Waals surface area (Å²) >= 11 is 12.0. The molecule has 23 heavy (non-hydrogen) atoms. The van der Waals surface area contributed by atoms with Crippen molar-refractivity contribution in [1.82, 2.24) is 5.43 Å². The summed E-state index contributed by atoms with van der Waals surface area (Å²) in [7, 11) is 0. The Morgan fingerprint density at radius 3 is 2.61 bits per heavy atom. The maximum atomic E-state index is 11.8. The summed E-state index contributed by atoms with van der Waals surface area (Å²) in [4.78, 5) is 11.8. The molecule has 0 aromatic heterocycles.